The quantitative estimate of drug-likeness (QED) is 0.581. The minimum Gasteiger partial charge on any atom is -0.339 e. The molecule has 0 spiro atoms. The van der Waals surface area contributed by atoms with E-state index in [9.17, 15) is 13.2 Å². The molecule has 0 N–H and O–H groups in total. The fourth-order valence-corrected chi connectivity index (χ4v) is 7.23. The van der Waals surface area contributed by atoms with Crippen molar-refractivity contribution < 1.29 is 13.2 Å². The van der Waals surface area contributed by atoms with Crippen LogP contribution in [0.5, 0.6) is 0 Å². The van der Waals surface area contributed by atoms with Gasteiger partial charge in [0.2, 0.25) is 5.91 Å². The number of hydrogen-bond acceptors (Lipinski definition) is 5. The zero-order valence-electron chi connectivity index (χ0n) is 21.7. The van der Waals surface area contributed by atoms with Gasteiger partial charge in [-0.3, -0.25) is 18.7 Å². The van der Waals surface area contributed by atoms with Crippen LogP contribution < -0.4 is 4.31 Å². The summed E-state index contributed by atoms with van der Waals surface area (Å²) in [7, 11) is -2.26. The molecule has 2 fully saturated rings. The Bertz CT molecular complexity index is 1140. The number of anilines is 1. The third kappa shape index (κ3) is 5.26. The van der Waals surface area contributed by atoms with Gasteiger partial charge in [-0.1, -0.05) is 38.8 Å². The Kier molecular flexibility index (Phi) is 7.57. The summed E-state index contributed by atoms with van der Waals surface area (Å²) in [6, 6.07) is 8.13. The largest absolute Gasteiger partial charge is 0.339 e. The van der Waals surface area contributed by atoms with Crippen LogP contribution in [0.15, 0.2) is 29.2 Å². The first-order valence-electron chi connectivity index (χ1n) is 12.7. The summed E-state index contributed by atoms with van der Waals surface area (Å²) in [6.07, 6.45) is 5.07. The minimum atomic E-state index is -3.99. The summed E-state index contributed by atoms with van der Waals surface area (Å²) in [6.45, 7) is 10.4. The number of sulfonamides is 1. The standard InChI is InChI=1S/C26H39N5O3S/c1-19(2)22-10-12-24(13-11-22)31(35(33,34)26-20(3)27-28(5)21(26)4)18-25(32)30-16-14-29(15-17-30)23-8-6-7-9-23/h10-13,19,23H,6-9,14-18H2,1-5H3. The fourth-order valence-electron chi connectivity index (χ4n) is 5.41. The van der Waals surface area contributed by atoms with Crippen LogP contribution in [0.2, 0.25) is 0 Å². The van der Waals surface area contributed by atoms with Crippen LogP contribution in [0, 0.1) is 13.8 Å². The lowest BCUT2D eigenvalue weighted by molar-refractivity contribution is -0.131. The van der Waals surface area contributed by atoms with Gasteiger partial charge in [-0.15, -0.1) is 0 Å². The van der Waals surface area contributed by atoms with Crippen LogP contribution in [-0.4, -0.2) is 72.7 Å². The Balaban J connectivity index is 1.59. The second kappa shape index (κ2) is 10.3. The van der Waals surface area contributed by atoms with E-state index in [-0.39, 0.29) is 17.3 Å². The number of amides is 1. The SMILES string of the molecule is Cc1nn(C)c(C)c1S(=O)(=O)N(CC(=O)N1CCN(C2CCCC2)CC1)c1ccc(C(C)C)cc1. The van der Waals surface area contributed by atoms with Crippen molar-refractivity contribution in [1.29, 1.82) is 0 Å². The van der Waals surface area contributed by atoms with E-state index in [1.54, 1.807) is 37.7 Å². The number of rotatable bonds is 7. The third-order valence-corrected chi connectivity index (χ3v) is 9.65. The summed E-state index contributed by atoms with van der Waals surface area (Å²) >= 11 is 0. The van der Waals surface area contributed by atoms with Crippen molar-refractivity contribution in [3.8, 4) is 0 Å². The topological polar surface area (TPSA) is 78.8 Å². The highest BCUT2D eigenvalue weighted by Gasteiger charge is 2.35. The van der Waals surface area contributed by atoms with Crippen molar-refractivity contribution in [2.24, 2.45) is 7.05 Å². The number of piperazine rings is 1. The second-order valence-corrected chi connectivity index (χ2v) is 12.0. The third-order valence-electron chi connectivity index (χ3n) is 7.63. The van der Waals surface area contributed by atoms with Crippen molar-refractivity contribution in [3.05, 3.63) is 41.2 Å². The van der Waals surface area contributed by atoms with E-state index in [0.717, 1.165) is 18.7 Å². The molecule has 4 rings (SSSR count). The van der Waals surface area contributed by atoms with Crippen molar-refractivity contribution >= 4 is 21.6 Å². The van der Waals surface area contributed by atoms with E-state index in [0.29, 0.717) is 42.1 Å². The number of nitrogens with zero attached hydrogens (tertiary/aromatic N) is 5. The minimum absolute atomic E-state index is 0.160. The fraction of sp³-hybridized carbons (Fsp3) is 0.615. The van der Waals surface area contributed by atoms with E-state index < -0.39 is 10.0 Å². The van der Waals surface area contributed by atoms with Gasteiger partial charge in [0.15, 0.2) is 0 Å². The summed E-state index contributed by atoms with van der Waals surface area (Å²) in [4.78, 5) is 17.9. The molecule has 2 aromatic rings. The van der Waals surface area contributed by atoms with Gasteiger partial charge in [0.1, 0.15) is 11.4 Å². The molecule has 35 heavy (non-hydrogen) atoms. The first kappa shape index (κ1) is 25.7. The normalized spacial score (nSPS) is 17.9. The first-order chi connectivity index (χ1) is 16.6. The molecule has 0 bridgehead atoms. The molecule has 8 nitrogen and oxygen atoms in total. The molecule has 0 atom stereocenters. The van der Waals surface area contributed by atoms with Crippen LogP contribution in [0.4, 0.5) is 5.69 Å². The lowest BCUT2D eigenvalue weighted by atomic mass is 10.0. The Morgan fingerprint density at radius 2 is 1.66 bits per heavy atom. The molecule has 9 heteroatoms. The Labute approximate surface area is 209 Å². The Morgan fingerprint density at radius 1 is 1.06 bits per heavy atom. The molecule has 1 aliphatic heterocycles. The maximum Gasteiger partial charge on any atom is 0.268 e. The molecule has 1 aliphatic carbocycles. The average molecular weight is 502 g/mol. The number of carbonyl (C=O) groups excluding carboxylic acids is 1. The molecule has 0 radical (unpaired) electrons. The number of aryl methyl sites for hydroxylation is 2. The highest BCUT2D eigenvalue weighted by Crippen LogP contribution is 2.30. The molecule has 1 saturated heterocycles. The summed E-state index contributed by atoms with van der Waals surface area (Å²) in [5, 5.41) is 4.32. The van der Waals surface area contributed by atoms with Crippen LogP contribution in [0.3, 0.4) is 0 Å². The van der Waals surface area contributed by atoms with E-state index in [1.165, 1.54) is 30.0 Å². The smallest absolute Gasteiger partial charge is 0.268 e. The van der Waals surface area contributed by atoms with Gasteiger partial charge in [-0.05, 0) is 50.3 Å². The highest BCUT2D eigenvalue weighted by atomic mass is 32.2. The second-order valence-electron chi connectivity index (χ2n) is 10.2. The van der Waals surface area contributed by atoms with E-state index in [1.807, 2.05) is 17.0 Å². The average Bonchev–Trinajstić information content (AvgIpc) is 3.45. The van der Waals surface area contributed by atoms with Gasteiger partial charge in [0.25, 0.3) is 10.0 Å². The van der Waals surface area contributed by atoms with Crippen molar-refractivity contribution in [1.82, 2.24) is 19.6 Å². The molecule has 1 aromatic heterocycles. The van der Waals surface area contributed by atoms with Crippen molar-refractivity contribution in [2.45, 2.75) is 70.2 Å². The highest BCUT2D eigenvalue weighted by molar-refractivity contribution is 7.93. The molecule has 2 heterocycles. The molecule has 192 valence electrons. The lowest BCUT2D eigenvalue weighted by Crippen LogP contribution is -2.53. The Hall–Kier alpha value is -2.39. The number of carbonyl (C=O) groups is 1. The molecule has 1 saturated carbocycles. The van der Waals surface area contributed by atoms with Crippen molar-refractivity contribution in [3.63, 3.8) is 0 Å². The number of aromatic nitrogens is 2. The summed E-state index contributed by atoms with van der Waals surface area (Å²) < 4.78 is 30.7. The van der Waals surface area contributed by atoms with E-state index in [4.69, 9.17) is 0 Å². The maximum absolute atomic E-state index is 13.9. The number of hydrogen-bond donors (Lipinski definition) is 0. The maximum atomic E-state index is 13.9. The van der Waals surface area contributed by atoms with Crippen LogP contribution in [0.25, 0.3) is 0 Å². The molecular formula is C26H39N5O3S. The first-order valence-corrected chi connectivity index (χ1v) is 14.2. The molecule has 0 unspecified atom stereocenters. The van der Waals surface area contributed by atoms with Crippen LogP contribution in [0.1, 0.15) is 62.4 Å². The van der Waals surface area contributed by atoms with Gasteiger partial charge < -0.3 is 4.90 Å². The summed E-state index contributed by atoms with van der Waals surface area (Å²) in [5.41, 5.74) is 2.61. The van der Waals surface area contributed by atoms with Gasteiger partial charge in [0.05, 0.1) is 17.1 Å². The lowest BCUT2D eigenvalue weighted by Gasteiger charge is -2.38. The molecule has 1 amide bonds. The summed E-state index contributed by atoms with van der Waals surface area (Å²) in [5.74, 6) is 0.168. The monoisotopic (exact) mass is 501 g/mol. The zero-order valence-corrected chi connectivity index (χ0v) is 22.5. The molecule has 1 aromatic carbocycles. The van der Waals surface area contributed by atoms with Gasteiger partial charge >= 0.3 is 0 Å². The van der Waals surface area contributed by atoms with Crippen LogP contribution in [-0.2, 0) is 21.9 Å². The van der Waals surface area contributed by atoms with Gasteiger partial charge in [0, 0.05) is 39.3 Å². The van der Waals surface area contributed by atoms with Gasteiger partial charge in [-0.2, -0.15) is 5.10 Å². The predicted molar refractivity (Wildman–Crippen MR) is 138 cm³/mol. The van der Waals surface area contributed by atoms with Crippen molar-refractivity contribution in [2.75, 3.05) is 37.0 Å². The Morgan fingerprint density at radius 3 is 2.17 bits per heavy atom. The molecule has 2 aliphatic rings. The zero-order chi connectivity index (χ0) is 25.3. The predicted octanol–water partition coefficient (Wildman–Crippen LogP) is 3.44. The van der Waals surface area contributed by atoms with Gasteiger partial charge in [-0.25, -0.2) is 8.42 Å². The molecular weight excluding hydrogens is 462 g/mol. The van der Waals surface area contributed by atoms with Crippen LogP contribution >= 0.6 is 0 Å². The van der Waals surface area contributed by atoms with E-state index in [2.05, 4.69) is 23.8 Å². The number of benzene rings is 1. The van der Waals surface area contributed by atoms with E-state index >= 15 is 0 Å².